The summed E-state index contributed by atoms with van der Waals surface area (Å²) in [6.07, 6.45) is 6.70. The molecule has 0 saturated heterocycles. The highest BCUT2D eigenvalue weighted by Gasteiger charge is 2.43. The standard InChI is InChI=1S/C16H22FNO/c1-2-11-4-3-7-16(9-11)10-14(18)13-8-12(17)5-6-15(13)19-16/h5-6,8,11,14H,2-4,7,9-10,18H2,1H3. The van der Waals surface area contributed by atoms with E-state index < -0.39 is 0 Å². The van der Waals surface area contributed by atoms with E-state index in [1.54, 1.807) is 6.07 Å². The third kappa shape index (κ3) is 2.36. The fourth-order valence-electron chi connectivity index (χ4n) is 3.76. The van der Waals surface area contributed by atoms with Gasteiger partial charge in [0, 0.05) is 18.0 Å². The van der Waals surface area contributed by atoms with Gasteiger partial charge in [-0.3, -0.25) is 0 Å². The topological polar surface area (TPSA) is 35.2 Å². The molecule has 0 radical (unpaired) electrons. The van der Waals surface area contributed by atoms with E-state index in [9.17, 15) is 4.39 Å². The molecule has 0 bridgehead atoms. The smallest absolute Gasteiger partial charge is 0.125 e. The van der Waals surface area contributed by atoms with Crippen LogP contribution in [0.2, 0.25) is 0 Å². The summed E-state index contributed by atoms with van der Waals surface area (Å²) in [6, 6.07) is 4.62. The maximum atomic E-state index is 13.3. The molecule has 2 aliphatic rings. The number of hydrogen-bond donors (Lipinski definition) is 1. The van der Waals surface area contributed by atoms with Gasteiger partial charge in [0.1, 0.15) is 17.2 Å². The van der Waals surface area contributed by atoms with Crippen LogP contribution in [-0.4, -0.2) is 5.60 Å². The molecule has 1 heterocycles. The predicted molar refractivity (Wildman–Crippen MR) is 73.6 cm³/mol. The Morgan fingerprint density at radius 3 is 3.05 bits per heavy atom. The molecule has 1 aromatic rings. The molecule has 1 aliphatic carbocycles. The average Bonchev–Trinajstić information content (AvgIpc) is 2.40. The zero-order valence-corrected chi connectivity index (χ0v) is 11.5. The van der Waals surface area contributed by atoms with Gasteiger partial charge in [0.2, 0.25) is 0 Å². The largest absolute Gasteiger partial charge is 0.487 e. The highest BCUT2D eigenvalue weighted by Crippen LogP contribution is 2.47. The number of ether oxygens (including phenoxy) is 1. The van der Waals surface area contributed by atoms with Crippen LogP contribution in [0.25, 0.3) is 0 Å². The summed E-state index contributed by atoms with van der Waals surface area (Å²) in [5, 5.41) is 0. The van der Waals surface area contributed by atoms with Gasteiger partial charge >= 0.3 is 0 Å². The third-order valence-electron chi connectivity index (χ3n) is 4.77. The zero-order valence-electron chi connectivity index (χ0n) is 11.5. The fourth-order valence-corrected chi connectivity index (χ4v) is 3.76. The first kappa shape index (κ1) is 12.9. The number of nitrogens with two attached hydrogens (primary N) is 1. The van der Waals surface area contributed by atoms with Gasteiger partial charge in [-0.05, 0) is 43.4 Å². The molecule has 2 nitrogen and oxygen atoms in total. The van der Waals surface area contributed by atoms with Crippen molar-refractivity contribution in [3.8, 4) is 5.75 Å². The molecule has 19 heavy (non-hydrogen) atoms. The highest BCUT2D eigenvalue weighted by molar-refractivity contribution is 5.39. The maximum Gasteiger partial charge on any atom is 0.125 e. The van der Waals surface area contributed by atoms with Crippen molar-refractivity contribution in [3.05, 3.63) is 29.6 Å². The van der Waals surface area contributed by atoms with Crippen molar-refractivity contribution in [1.29, 1.82) is 0 Å². The van der Waals surface area contributed by atoms with E-state index in [4.69, 9.17) is 10.5 Å². The molecule has 3 rings (SSSR count). The van der Waals surface area contributed by atoms with Gasteiger partial charge in [-0.1, -0.05) is 19.8 Å². The van der Waals surface area contributed by atoms with Crippen LogP contribution >= 0.6 is 0 Å². The van der Waals surface area contributed by atoms with Crippen LogP contribution < -0.4 is 10.5 Å². The van der Waals surface area contributed by atoms with Gasteiger partial charge in [-0.25, -0.2) is 4.39 Å². The van der Waals surface area contributed by atoms with Crippen molar-refractivity contribution >= 4 is 0 Å². The summed E-state index contributed by atoms with van der Waals surface area (Å²) < 4.78 is 19.6. The van der Waals surface area contributed by atoms with Crippen molar-refractivity contribution in [2.45, 2.75) is 57.1 Å². The van der Waals surface area contributed by atoms with Crippen LogP contribution in [0.3, 0.4) is 0 Å². The normalized spacial score (nSPS) is 33.8. The van der Waals surface area contributed by atoms with Crippen LogP contribution in [0, 0.1) is 11.7 Å². The Labute approximate surface area is 114 Å². The fraction of sp³-hybridized carbons (Fsp3) is 0.625. The molecule has 1 fully saturated rings. The van der Waals surface area contributed by atoms with Crippen molar-refractivity contribution in [3.63, 3.8) is 0 Å². The Balaban J connectivity index is 1.89. The summed E-state index contributed by atoms with van der Waals surface area (Å²) in [5.74, 6) is 1.30. The highest BCUT2D eigenvalue weighted by atomic mass is 19.1. The van der Waals surface area contributed by atoms with Crippen LogP contribution in [0.5, 0.6) is 5.75 Å². The molecular weight excluding hydrogens is 241 g/mol. The van der Waals surface area contributed by atoms with E-state index in [1.807, 2.05) is 0 Å². The average molecular weight is 263 g/mol. The third-order valence-corrected chi connectivity index (χ3v) is 4.77. The van der Waals surface area contributed by atoms with Crippen molar-refractivity contribution in [1.82, 2.24) is 0 Å². The number of halogens is 1. The van der Waals surface area contributed by atoms with E-state index in [0.717, 1.165) is 36.5 Å². The SMILES string of the molecule is CCC1CCCC2(C1)CC(N)c1cc(F)ccc1O2. The molecule has 104 valence electrons. The van der Waals surface area contributed by atoms with Gasteiger partial charge in [0.25, 0.3) is 0 Å². The lowest BCUT2D eigenvalue weighted by atomic mass is 9.72. The minimum atomic E-state index is -0.233. The molecule has 3 unspecified atom stereocenters. The monoisotopic (exact) mass is 263 g/mol. The first-order chi connectivity index (χ1) is 9.12. The molecule has 1 spiro atoms. The van der Waals surface area contributed by atoms with E-state index in [0.29, 0.717) is 0 Å². The van der Waals surface area contributed by atoms with Crippen molar-refractivity contribution < 1.29 is 9.13 Å². The lowest BCUT2D eigenvalue weighted by Crippen LogP contribution is -2.46. The van der Waals surface area contributed by atoms with Gasteiger partial charge in [-0.2, -0.15) is 0 Å². The Morgan fingerprint density at radius 2 is 2.26 bits per heavy atom. The van der Waals surface area contributed by atoms with Crippen molar-refractivity contribution in [2.75, 3.05) is 0 Å². The van der Waals surface area contributed by atoms with Gasteiger partial charge in [-0.15, -0.1) is 0 Å². The van der Waals surface area contributed by atoms with Crippen molar-refractivity contribution in [2.24, 2.45) is 11.7 Å². The summed E-state index contributed by atoms with van der Waals surface area (Å²) in [4.78, 5) is 0. The molecule has 0 amide bonds. The minimum absolute atomic E-state index is 0.102. The van der Waals surface area contributed by atoms with Crippen LogP contribution in [0.15, 0.2) is 18.2 Å². The summed E-state index contributed by atoms with van der Waals surface area (Å²) in [6.45, 7) is 2.25. The second-order valence-electron chi connectivity index (χ2n) is 6.15. The molecule has 1 aliphatic heterocycles. The molecule has 0 aromatic heterocycles. The Morgan fingerprint density at radius 1 is 1.42 bits per heavy atom. The molecule has 2 N–H and O–H groups in total. The zero-order chi connectivity index (χ0) is 13.5. The lowest BCUT2D eigenvalue weighted by molar-refractivity contribution is -0.0176. The van der Waals surface area contributed by atoms with Crippen LogP contribution in [0.4, 0.5) is 4.39 Å². The Bertz CT molecular complexity index is 476. The first-order valence-electron chi connectivity index (χ1n) is 7.36. The Kier molecular flexibility index (Phi) is 3.25. The number of benzene rings is 1. The quantitative estimate of drug-likeness (QED) is 0.832. The number of rotatable bonds is 1. The van der Waals surface area contributed by atoms with E-state index >= 15 is 0 Å². The second kappa shape index (κ2) is 4.78. The summed E-state index contributed by atoms with van der Waals surface area (Å²) in [5.41, 5.74) is 6.98. The molecule has 1 saturated carbocycles. The molecule has 3 atom stereocenters. The van der Waals surface area contributed by atoms with Gasteiger partial charge in [0.05, 0.1) is 0 Å². The van der Waals surface area contributed by atoms with Gasteiger partial charge in [0.15, 0.2) is 0 Å². The molecular formula is C16H22FNO. The Hall–Kier alpha value is -1.09. The molecule has 1 aromatic carbocycles. The lowest BCUT2D eigenvalue weighted by Gasteiger charge is -2.46. The molecule has 3 heteroatoms. The maximum absolute atomic E-state index is 13.3. The van der Waals surface area contributed by atoms with Crippen LogP contribution in [-0.2, 0) is 0 Å². The number of fused-ring (bicyclic) bond motifs is 1. The first-order valence-corrected chi connectivity index (χ1v) is 7.36. The predicted octanol–water partition coefficient (Wildman–Crippen LogP) is 3.95. The summed E-state index contributed by atoms with van der Waals surface area (Å²) >= 11 is 0. The summed E-state index contributed by atoms with van der Waals surface area (Å²) in [7, 11) is 0. The second-order valence-corrected chi connectivity index (χ2v) is 6.15. The van der Waals surface area contributed by atoms with Crippen LogP contribution in [0.1, 0.15) is 57.1 Å². The van der Waals surface area contributed by atoms with E-state index in [2.05, 4.69) is 6.92 Å². The number of hydrogen-bond acceptors (Lipinski definition) is 2. The van der Waals surface area contributed by atoms with E-state index in [1.165, 1.54) is 31.4 Å². The minimum Gasteiger partial charge on any atom is -0.487 e. The van der Waals surface area contributed by atoms with Gasteiger partial charge < -0.3 is 10.5 Å². The van der Waals surface area contributed by atoms with E-state index in [-0.39, 0.29) is 17.5 Å².